The van der Waals surface area contributed by atoms with E-state index in [4.69, 9.17) is 0 Å². The summed E-state index contributed by atoms with van der Waals surface area (Å²) in [4.78, 5) is 27.2. The molecule has 2 rings (SSSR count). The molecule has 1 N–H and O–H groups in total. The SMILES string of the molecule is CCCCNC(=O)[C@H](C)N(Cc1ccc(F)cc1)C(=O)CSCc1ccccc1C. The summed E-state index contributed by atoms with van der Waals surface area (Å²) < 4.78 is 13.3. The molecular weight excluding hydrogens is 399 g/mol. The van der Waals surface area contributed by atoms with Gasteiger partial charge >= 0.3 is 0 Å². The highest BCUT2D eigenvalue weighted by molar-refractivity contribution is 7.99. The second-order valence-corrected chi connectivity index (χ2v) is 8.37. The highest BCUT2D eigenvalue weighted by Gasteiger charge is 2.25. The van der Waals surface area contributed by atoms with Gasteiger partial charge in [0.05, 0.1) is 5.75 Å². The van der Waals surface area contributed by atoms with Crippen molar-refractivity contribution in [1.82, 2.24) is 10.2 Å². The lowest BCUT2D eigenvalue weighted by Crippen LogP contribution is -2.48. The Bertz CT molecular complexity index is 826. The minimum atomic E-state index is -0.599. The van der Waals surface area contributed by atoms with Crippen LogP contribution in [0.3, 0.4) is 0 Å². The van der Waals surface area contributed by atoms with E-state index in [-0.39, 0.29) is 29.9 Å². The third kappa shape index (κ3) is 7.48. The molecule has 162 valence electrons. The normalized spacial score (nSPS) is 11.7. The predicted molar refractivity (Wildman–Crippen MR) is 122 cm³/mol. The van der Waals surface area contributed by atoms with Crippen LogP contribution in [-0.4, -0.2) is 35.1 Å². The number of hydrogen-bond acceptors (Lipinski definition) is 3. The third-order valence-corrected chi connectivity index (χ3v) is 5.97. The molecule has 0 radical (unpaired) electrons. The minimum absolute atomic E-state index is 0.101. The molecule has 2 aromatic rings. The van der Waals surface area contributed by atoms with Crippen LogP contribution < -0.4 is 5.32 Å². The molecule has 0 aliphatic rings. The molecule has 2 amide bonds. The van der Waals surface area contributed by atoms with Gasteiger partial charge in [0.2, 0.25) is 11.8 Å². The van der Waals surface area contributed by atoms with E-state index in [9.17, 15) is 14.0 Å². The van der Waals surface area contributed by atoms with E-state index < -0.39 is 6.04 Å². The fourth-order valence-electron chi connectivity index (χ4n) is 3.01. The van der Waals surface area contributed by atoms with Gasteiger partial charge in [0, 0.05) is 18.8 Å². The monoisotopic (exact) mass is 430 g/mol. The molecule has 2 aromatic carbocycles. The molecule has 0 aromatic heterocycles. The minimum Gasteiger partial charge on any atom is -0.354 e. The standard InChI is InChI=1S/C24H31FN2O2S/c1-4-5-14-26-24(29)19(3)27(15-20-10-12-22(25)13-11-20)23(28)17-30-16-21-9-7-6-8-18(21)2/h6-13,19H,4-5,14-17H2,1-3H3,(H,26,29)/t19-/m0/s1. The predicted octanol–water partition coefficient (Wildman–Crippen LogP) is 4.70. The van der Waals surface area contributed by atoms with Crippen molar-refractivity contribution in [3.05, 3.63) is 71.0 Å². The van der Waals surface area contributed by atoms with Crippen molar-refractivity contribution in [3.8, 4) is 0 Å². The lowest BCUT2D eigenvalue weighted by atomic mass is 10.1. The number of amides is 2. The Labute approximate surface area is 183 Å². The zero-order valence-corrected chi connectivity index (χ0v) is 18.8. The zero-order valence-electron chi connectivity index (χ0n) is 18.0. The maximum absolute atomic E-state index is 13.3. The summed E-state index contributed by atoms with van der Waals surface area (Å²) in [6, 6.07) is 13.6. The van der Waals surface area contributed by atoms with E-state index in [1.165, 1.54) is 35.0 Å². The molecular formula is C24H31FN2O2S. The summed E-state index contributed by atoms with van der Waals surface area (Å²) >= 11 is 1.54. The number of unbranched alkanes of at least 4 members (excludes halogenated alkanes) is 1. The van der Waals surface area contributed by atoms with Crippen molar-refractivity contribution in [1.29, 1.82) is 0 Å². The van der Waals surface area contributed by atoms with Gasteiger partial charge in [0.25, 0.3) is 0 Å². The molecule has 0 aliphatic carbocycles. The number of rotatable bonds is 11. The average Bonchev–Trinajstić information content (AvgIpc) is 2.74. The molecule has 1 atom stereocenters. The number of benzene rings is 2. The highest BCUT2D eigenvalue weighted by atomic mass is 32.2. The van der Waals surface area contributed by atoms with Gasteiger partial charge in [-0.25, -0.2) is 4.39 Å². The van der Waals surface area contributed by atoms with Gasteiger partial charge in [-0.3, -0.25) is 9.59 Å². The number of carbonyl (C=O) groups excluding carboxylic acids is 2. The largest absolute Gasteiger partial charge is 0.354 e. The summed E-state index contributed by atoms with van der Waals surface area (Å²) in [7, 11) is 0. The second kappa shape index (κ2) is 12.4. The number of carbonyl (C=O) groups is 2. The van der Waals surface area contributed by atoms with E-state index in [2.05, 4.69) is 31.3 Å². The molecule has 0 saturated carbocycles. The van der Waals surface area contributed by atoms with Crippen molar-refractivity contribution in [2.75, 3.05) is 12.3 Å². The third-order valence-electron chi connectivity index (χ3n) is 5.01. The van der Waals surface area contributed by atoms with Gasteiger partial charge < -0.3 is 10.2 Å². The molecule has 6 heteroatoms. The zero-order chi connectivity index (χ0) is 21.9. The van der Waals surface area contributed by atoms with Gasteiger partial charge in [-0.2, -0.15) is 0 Å². The van der Waals surface area contributed by atoms with Crippen molar-refractivity contribution in [2.24, 2.45) is 0 Å². The van der Waals surface area contributed by atoms with E-state index in [0.29, 0.717) is 6.54 Å². The fourth-order valence-corrected chi connectivity index (χ4v) is 3.99. The van der Waals surface area contributed by atoms with Crippen LogP contribution in [-0.2, 0) is 21.9 Å². The van der Waals surface area contributed by atoms with Crippen molar-refractivity contribution >= 4 is 23.6 Å². The van der Waals surface area contributed by atoms with Crippen LogP contribution in [0.25, 0.3) is 0 Å². The topological polar surface area (TPSA) is 49.4 Å². The van der Waals surface area contributed by atoms with Crippen LogP contribution >= 0.6 is 11.8 Å². The second-order valence-electron chi connectivity index (χ2n) is 7.39. The summed E-state index contributed by atoms with van der Waals surface area (Å²) in [5.41, 5.74) is 3.19. The first-order valence-corrected chi connectivity index (χ1v) is 11.5. The molecule has 0 bridgehead atoms. The molecule has 0 unspecified atom stereocenters. The number of thioether (sulfide) groups is 1. The van der Waals surface area contributed by atoms with Crippen LogP contribution in [0.2, 0.25) is 0 Å². The maximum Gasteiger partial charge on any atom is 0.242 e. The highest BCUT2D eigenvalue weighted by Crippen LogP contribution is 2.18. The molecule has 0 aliphatic heterocycles. The van der Waals surface area contributed by atoms with Crippen LogP contribution in [0.15, 0.2) is 48.5 Å². The molecule has 0 heterocycles. The van der Waals surface area contributed by atoms with Gasteiger partial charge in [-0.1, -0.05) is 49.7 Å². The van der Waals surface area contributed by atoms with Gasteiger partial charge in [-0.15, -0.1) is 11.8 Å². The van der Waals surface area contributed by atoms with Gasteiger partial charge in [-0.05, 0) is 49.1 Å². The van der Waals surface area contributed by atoms with Gasteiger partial charge in [0.1, 0.15) is 11.9 Å². The fraction of sp³-hybridized carbons (Fsp3) is 0.417. The number of hydrogen-bond donors (Lipinski definition) is 1. The lowest BCUT2D eigenvalue weighted by molar-refractivity contribution is -0.138. The van der Waals surface area contributed by atoms with Gasteiger partial charge in [0.15, 0.2) is 0 Å². The Balaban J connectivity index is 2.04. The average molecular weight is 431 g/mol. The Hall–Kier alpha value is -2.34. The van der Waals surface area contributed by atoms with E-state index in [1.54, 1.807) is 24.0 Å². The molecule has 4 nitrogen and oxygen atoms in total. The van der Waals surface area contributed by atoms with E-state index in [0.717, 1.165) is 24.2 Å². The number of aryl methyl sites for hydroxylation is 1. The first-order valence-electron chi connectivity index (χ1n) is 10.4. The summed E-state index contributed by atoms with van der Waals surface area (Å²) in [5, 5.41) is 2.90. The summed E-state index contributed by atoms with van der Waals surface area (Å²) in [6.07, 6.45) is 1.89. The summed E-state index contributed by atoms with van der Waals surface area (Å²) in [6.45, 7) is 6.73. The molecule has 30 heavy (non-hydrogen) atoms. The lowest BCUT2D eigenvalue weighted by Gasteiger charge is -2.29. The molecule has 0 spiro atoms. The molecule has 0 fully saturated rings. The Morgan fingerprint density at radius 3 is 2.50 bits per heavy atom. The van der Waals surface area contributed by atoms with Crippen molar-refractivity contribution in [3.63, 3.8) is 0 Å². The number of halogens is 1. The van der Waals surface area contributed by atoms with Crippen LogP contribution in [0.4, 0.5) is 4.39 Å². The van der Waals surface area contributed by atoms with Crippen LogP contribution in [0.5, 0.6) is 0 Å². The van der Waals surface area contributed by atoms with Crippen LogP contribution in [0.1, 0.15) is 43.4 Å². The summed E-state index contributed by atoms with van der Waals surface area (Å²) in [5.74, 6) is 0.428. The quantitative estimate of drug-likeness (QED) is 0.526. The number of nitrogens with one attached hydrogen (secondary N) is 1. The van der Waals surface area contributed by atoms with Crippen molar-refractivity contribution < 1.29 is 14.0 Å². The van der Waals surface area contributed by atoms with Crippen LogP contribution in [0, 0.1) is 12.7 Å². The smallest absolute Gasteiger partial charge is 0.242 e. The maximum atomic E-state index is 13.3. The van der Waals surface area contributed by atoms with E-state index in [1.807, 2.05) is 12.1 Å². The Kier molecular flexibility index (Phi) is 9.87. The molecule has 0 saturated heterocycles. The Morgan fingerprint density at radius 1 is 1.13 bits per heavy atom. The van der Waals surface area contributed by atoms with Crippen molar-refractivity contribution in [2.45, 2.75) is 52.0 Å². The first kappa shape index (κ1) is 23.9. The first-order chi connectivity index (χ1) is 14.4. The van der Waals surface area contributed by atoms with E-state index >= 15 is 0 Å². The Morgan fingerprint density at radius 2 is 1.83 bits per heavy atom. The number of nitrogens with zero attached hydrogens (tertiary/aromatic N) is 1.